The highest BCUT2D eigenvalue weighted by atomic mass is 16.5. The van der Waals surface area contributed by atoms with Gasteiger partial charge >= 0.3 is 5.97 Å². The Kier molecular flexibility index (Phi) is 2.38. The molecular formula is C9H10N2O2. The van der Waals surface area contributed by atoms with Crippen molar-refractivity contribution in [2.45, 2.75) is 13.8 Å². The van der Waals surface area contributed by atoms with Gasteiger partial charge in [-0.25, -0.2) is 4.79 Å². The van der Waals surface area contributed by atoms with E-state index in [4.69, 9.17) is 5.26 Å². The molecule has 4 nitrogen and oxygen atoms in total. The summed E-state index contributed by atoms with van der Waals surface area (Å²) in [5.41, 5.74) is 2.06. The van der Waals surface area contributed by atoms with E-state index in [-0.39, 0.29) is 0 Å². The van der Waals surface area contributed by atoms with E-state index < -0.39 is 5.97 Å². The Balaban J connectivity index is 3.35. The molecule has 1 aromatic heterocycles. The van der Waals surface area contributed by atoms with Crippen LogP contribution >= 0.6 is 0 Å². The molecule has 0 fully saturated rings. The summed E-state index contributed by atoms with van der Waals surface area (Å²) in [4.78, 5) is 14.2. The number of hydrogen-bond acceptors (Lipinski definition) is 3. The molecule has 1 aromatic rings. The quantitative estimate of drug-likeness (QED) is 0.659. The Labute approximate surface area is 76.1 Å². The van der Waals surface area contributed by atoms with Crippen LogP contribution in [0.25, 0.3) is 0 Å². The third-order valence-corrected chi connectivity index (χ3v) is 1.88. The van der Waals surface area contributed by atoms with E-state index in [9.17, 15) is 4.79 Å². The van der Waals surface area contributed by atoms with E-state index in [1.807, 2.05) is 6.07 Å². The van der Waals surface area contributed by atoms with Crippen LogP contribution in [-0.2, 0) is 4.74 Å². The zero-order valence-electron chi connectivity index (χ0n) is 7.76. The molecule has 1 rings (SSSR count). The topological polar surface area (TPSA) is 65.9 Å². The second-order valence-electron chi connectivity index (χ2n) is 2.73. The molecule has 1 N–H and O–H groups in total. The summed E-state index contributed by atoms with van der Waals surface area (Å²) >= 11 is 0. The number of carbonyl (C=O) groups excluding carboxylic acids is 1. The first-order chi connectivity index (χ1) is 6.11. The Morgan fingerprint density at radius 3 is 2.54 bits per heavy atom. The minimum absolute atomic E-state index is 0.336. The first-order valence-corrected chi connectivity index (χ1v) is 3.79. The van der Waals surface area contributed by atoms with Crippen LogP contribution in [0.5, 0.6) is 0 Å². The summed E-state index contributed by atoms with van der Waals surface area (Å²) in [6.45, 7) is 3.48. The van der Waals surface area contributed by atoms with Crippen LogP contribution in [0.1, 0.15) is 27.3 Å². The number of rotatable bonds is 1. The highest BCUT2D eigenvalue weighted by molar-refractivity contribution is 5.94. The van der Waals surface area contributed by atoms with Crippen molar-refractivity contribution in [3.63, 3.8) is 0 Å². The molecule has 0 saturated heterocycles. The lowest BCUT2D eigenvalue weighted by Crippen LogP contribution is -2.03. The van der Waals surface area contributed by atoms with Crippen LogP contribution in [0.2, 0.25) is 0 Å². The zero-order valence-corrected chi connectivity index (χ0v) is 7.76. The van der Waals surface area contributed by atoms with Gasteiger partial charge in [0.05, 0.1) is 18.2 Å². The summed E-state index contributed by atoms with van der Waals surface area (Å²) < 4.78 is 4.56. The van der Waals surface area contributed by atoms with Gasteiger partial charge in [0.1, 0.15) is 6.07 Å². The highest BCUT2D eigenvalue weighted by Crippen LogP contribution is 2.17. The van der Waals surface area contributed by atoms with Gasteiger partial charge in [-0.1, -0.05) is 0 Å². The average molecular weight is 178 g/mol. The smallest absolute Gasteiger partial charge is 0.341 e. The largest absolute Gasteiger partial charge is 0.465 e. The van der Waals surface area contributed by atoms with Crippen molar-refractivity contribution in [3.8, 4) is 6.07 Å². The van der Waals surface area contributed by atoms with Gasteiger partial charge in [0, 0.05) is 11.4 Å². The number of aromatic amines is 1. The van der Waals surface area contributed by atoms with Crippen molar-refractivity contribution in [3.05, 3.63) is 22.5 Å². The molecule has 68 valence electrons. The number of esters is 1. The van der Waals surface area contributed by atoms with E-state index in [1.54, 1.807) is 13.8 Å². The standard InChI is InChI=1S/C9H10N2O2/c1-5-7(4-10)8(6(2)11-5)9(12)13-3/h11H,1-3H3. The van der Waals surface area contributed by atoms with E-state index >= 15 is 0 Å². The minimum Gasteiger partial charge on any atom is -0.465 e. The maximum absolute atomic E-state index is 11.2. The molecule has 1 heterocycles. The number of nitrogens with zero attached hydrogens (tertiary/aromatic N) is 1. The molecule has 0 unspecified atom stereocenters. The Bertz CT molecular complexity index is 385. The Hall–Kier alpha value is -1.76. The maximum atomic E-state index is 11.2. The summed E-state index contributed by atoms with van der Waals surface area (Å²) in [5, 5.41) is 8.78. The number of H-pyrrole nitrogens is 1. The normalized spacial score (nSPS) is 9.38. The number of methoxy groups -OCH3 is 1. The zero-order chi connectivity index (χ0) is 10.0. The van der Waals surface area contributed by atoms with E-state index in [0.717, 1.165) is 0 Å². The minimum atomic E-state index is -0.474. The Morgan fingerprint density at radius 2 is 2.08 bits per heavy atom. The first-order valence-electron chi connectivity index (χ1n) is 3.79. The van der Waals surface area contributed by atoms with Crippen molar-refractivity contribution in [1.82, 2.24) is 4.98 Å². The van der Waals surface area contributed by atoms with Crippen molar-refractivity contribution in [1.29, 1.82) is 5.26 Å². The Morgan fingerprint density at radius 1 is 1.46 bits per heavy atom. The second kappa shape index (κ2) is 3.31. The van der Waals surface area contributed by atoms with Gasteiger partial charge in [0.15, 0.2) is 0 Å². The number of carbonyl (C=O) groups is 1. The molecule has 0 aliphatic rings. The molecule has 4 heteroatoms. The molecule has 0 amide bonds. The van der Waals surface area contributed by atoms with Crippen molar-refractivity contribution in [2.24, 2.45) is 0 Å². The number of aryl methyl sites for hydroxylation is 2. The number of nitrogens with one attached hydrogen (secondary N) is 1. The van der Waals surface area contributed by atoms with E-state index in [0.29, 0.717) is 22.5 Å². The van der Waals surface area contributed by atoms with Gasteiger partial charge in [-0.3, -0.25) is 0 Å². The molecule has 0 aliphatic heterocycles. The van der Waals surface area contributed by atoms with Crippen LogP contribution in [0, 0.1) is 25.2 Å². The third-order valence-electron chi connectivity index (χ3n) is 1.88. The molecule has 0 radical (unpaired) electrons. The second-order valence-corrected chi connectivity index (χ2v) is 2.73. The number of hydrogen-bond donors (Lipinski definition) is 1. The molecule has 0 spiro atoms. The maximum Gasteiger partial charge on any atom is 0.341 e. The molecule has 0 aliphatic carbocycles. The predicted molar refractivity (Wildman–Crippen MR) is 46.3 cm³/mol. The van der Waals surface area contributed by atoms with E-state index in [1.165, 1.54) is 7.11 Å². The fraction of sp³-hybridized carbons (Fsp3) is 0.333. The summed E-state index contributed by atoms with van der Waals surface area (Å²) in [7, 11) is 1.30. The van der Waals surface area contributed by atoms with Gasteiger partial charge in [0.2, 0.25) is 0 Å². The predicted octanol–water partition coefficient (Wildman–Crippen LogP) is 1.29. The van der Waals surface area contributed by atoms with Crippen LogP contribution in [0.15, 0.2) is 0 Å². The fourth-order valence-corrected chi connectivity index (χ4v) is 1.28. The summed E-state index contributed by atoms with van der Waals surface area (Å²) in [5.74, 6) is -0.474. The summed E-state index contributed by atoms with van der Waals surface area (Å²) in [6.07, 6.45) is 0. The average Bonchev–Trinajstić information content (AvgIpc) is 2.39. The summed E-state index contributed by atoms with van der Waals surface area (Å²) in [6, 6.07) is 1.97. The highest BCUT2D eigenvalue weighted by Gasteiger charge is 2.19. The van der Waals surface area contributed by atoms with Gasteiger partial charge in [-0.2, -0.15) is 5.26 Å². The van der Waals surface area contributed by atoms with Crippen molar-refractivity contribution in [2.75, 3.05) is 7.11 Å². The molecular weight excluding hydrogens is 168 g/mol. The fourth-order valence-electron chi connectivity index (χ4n) is 1.28. The van der Waals surface area contributed by atoms with Crippen LogP contribution in [0.4, 0.5) is 0 Å². The van der Waals surface area contributed by atoms with Crippen molar-refractivity contribution >= 4 is 5.97 Å². The molecule has 0 bridgehead atoms. The SMILES string of the molecule is COC(=O)c1c(C)[nH]c(C)c1C#N. The van der Waals surface area contributed by atoms with Gasteiger partial charge in [-0.15, -0.1) is 0 Å². The van der Waals surface area contributed by atoms with Crippen molar-refractivity contribution < 1.29 is 9.53 Å². The first kappa shape index (κ1) is 9.33. The molecule has 0 aromatic carbocycles. The number of nitriles is 1. The molecule has 13 heavy (non-hydrogen) atoms. The number of ether oxygens (including phenoxy) is 1. The lowest BCUT2D eigenvalue weighted by molar-refractivity contribution is 0.0600. The van der Waals surface area contributed by atoms with Gasteiger partial charge in [-0.05, 0) is 13.8 Å². The lowest BCUT2D eigenvalue weighted by atomic mass is 10.1. The van der Waals surface area contributed by atoms with Gasteiger partial charge in [0.25, 0.3) is 0 Å². The van der Waals surface area contributed by atoms with Crippen LogP contribution in [-0.4, -0.2) is 18.1 Å². The monoisotopic (exact) mass is 178 g/mol. The van der Waals surface area contributed by atoms with Gasteiger partial charge < -0.3 is 9.72 Å². The van der Waals surface area contributed by atoms with E-state index in [2.05, 4.69) is 9.72 Å². The van der Waals surface area contributed by atoms with Crippen LogP contribution < -0.4 is 0 Å². The third kappa shape index (κ3) is 1.41. The molecule has 0 saturated carbocycles. The van der Waals surface area contributed by atoms with Crippen LogP contribution in [0.3, 0.4) is 0 Å². The number of aromatic nitrogens is 1. The molecule has 0 atom stereocenters. The lowest BCUT2D eigenvalue weighted by Gasteiger charge is -1.97.